The summed E-state index contributed by atoms with van der Waals surface area (Å²) in [7, 11) is 0.503. The van der Waals surface area contributed by atoms with E-state index in [0.717, 1.165) is 6.07 Å². The Morgan fingerprint density at radius 2 is 2.05 bits per heavy atom. The van der Waals surface area contributed by atoms with Crippen LogP contribution in [0, 0.1) is 11.3 Å². The molecular formula is C13H15F3N4OS. The van der Waals surface area contributed by atoms with Gasteiger partial charge in [0.1, 0.15) is 6.07 Å². The maximum atomic E-state index is 13.1. The molecule has 0 aliphatic rings. The van der Waals surface area contributed by atoms with Crippen LogP contribution >= 0.6 is 0 Å². The van der Waals surface area contributed by atoms with E-state index in [4.69, 9.17) is 5.26 Å². The number of hydrogen-bond acceptors (Lipinski definition) is 3. The average molecular weight is 332 g/mol. The maximum absolute atomic E-state index is 13.1. The van der Waals surface area contributed by atoms with E-state index in [1.165, 1.54) is 29.6 Å². The van der Waals surface area contributed by atoms with Crippen LogP contribution in [0.4, 0.5) is 24.5 Å². The molecule has 0 spiro atoms. The van der Waals surface area contributed by atoms with Crippen LogP contribution in [0.25, 0.3) is 0 Å². The first kappa shape index (κ1) is 17.8. The van der Waals surface area contributed by atoms with E-state index in [0.29, 0.717) is 0 Å². The zero-order chi connectivity index (χ0) is 17.1. The topological polar surface area (TPSA) is 68.5 Å². The second-order valence-corrected chi connectivity index (χ2v) is 7.06. The van der Waals surface area contributed by atoms with Crippen LogP contribution in [0.2, 0.25) is 0 Å². The average Bonchev–Trinajstić information content (AvgIpc) is 2.32. The molecule has 0 aliphatic heterocycles. The summed E-state index contributed by atoms with van der Waals surface area (Å²) in [5.41, 5.74) is -1.98. The van der Waals surface area contributed by atoms with E-state index in [1.54, 1.807) is 14.1 Å². The summed E-state index contributed by atoms with van der Waals surface area (Å²) < 4.78 is 53.3. The van der Waals surface area contributed by atoms with Gasteiger partial charge in [-0.05, 0) is 18.0 Å². The van der Waals surface area contributed by atoms with E-state index in [1.807, 2.05) is 0 Å². The quantitative estimate of drug-likeness (QED) is 0.523. The van der Waals surface area contributed by atoms with Gasteiger partial charge in [-0.1, -0.05) is 0 Å². The van der Waals surface area contributed by atoms with Crippen molar-refractivity contribution in [2.24, 2.45) is 4.99 Å². The van der Waals surface area contributed by atoms with Gasteiger partial charge in [-0.25, -0.2) is 9.20 Å². The number of anilines is 1. The minimum absolute atomic E-state index is 0.0697. The van der Waals surface area contributed by atoms with Crippen molar-refractivity contribution in [3.8, 4) is 6.07 Å². The van der Waals surface area contributed by atoms with E-state index >= 15 is 0 Å². The molecule has 0 fully saturated rings. The van der Waals surface area contributed by atoms with Gasteiger partial charge in [0.25, 0.3) is 0 Å². The lowest BCUT2D eigenvalue weighted by atomic mass is 10.0. The first-order chi connectivity index (χ1) is 9.94. The number of halogens is 3. The molecule has 120 valence electrons. The Bertz CT molecular complexity index is 731. The largest absolute Gasteiger partial charge is 0.417 e. The summed E-state index contributed by atoms with van der Waals surface area (Å²) in [6, 6.07) is 3.47. The first-order valence-corrected chi connectivity index (χ1v) is 8.03. The standard InChI is InChI=1S/C13H15F3N4OS/c1-20(2)8-18-12-6-9(19-22(3,4)21)5-11(10(12)7-17)13(14,15)16/h5-6,8H,3H2,1-2,4H3,(H,19,21). The lowest BCUT2D eigenvalue weighted by molar-refractivity contribution is -0.137. The Hall–Kier alpha value is -2.21. The Morgan fingerprint density at radius 1 is 1.45 bits per heavy atom. The smallest absolute Gasteiger partial charge is 0.369 e. The molecule has 1 N–H and O–H groups in total. The van der Waals surface area contributed by atoms with E-state index in [-0.39, 0.29) is 11.4 Å². The van der Waals surface area contributed by atoms with Gasteiger partial charge in [0.15, 0.2) is 0 Å². The zero-order valence-electron chi connectivity index (χ0n) is 12.2. The summed E-state index contributed by atoms with van der Waals surface area (Å²) in [5.74, 6) is 3.33. The Balaban J connectivity index is 3.59. The summed E-state index contributed by atoms with van der Waals surface area (Å²) >= 11 is 0. The molecule has 0 bridgehead atoms. The molecule has 0 saturated heterocycles. The third-order valence-corrected chi connectivity index (χ3v) is 2.96. The van der Waals surface area contributed by atoms with Crippen LogP contribution < -0.4 is 4.72 Å². The van der Waals surface area contributed by atoms with Gasteiger partial charge in [-0.3, -0.25) is 0 Å². The zero-order valence-corrected chi connectivity index (χ0v) is 13.0. The van der Waals surface area contributed by atoms with Gasteiger partial charge in [0.05, 0.1) is 23.2 Å². The van der Waals surface area contributed by atoms with Crippen LogP contribution in [-0.2, 0) is 15.9 Å². The van der Waals surface area contributed by atoms with Crippen molar-refractivity contribution < 1.29 is 17.4 Å². The number of hydrogen-bond donors (Lipinski definition) is 1. The third-order valence-electron chi connectivity index (χ3n) is 2.30. The second kappa shape index (κ2) is 6.27. The Labute approximate surface area is 127 Å². The molecule has 0 saturated carbocycles. The monoisotopic (exact) mass is 332 g/mol. The fourth-order valence-electron chi connectivity index (χ4n) is 1.56. The maximum Gasteiger partial charge on any atom is 0.417 e. The van der Waals surface area contributed by atoms with Crippen molar-refractivity contribution in [2.45, 2.75) is 6.18 Å². The highest BCUT2D eigenvalue weighted by Crippen LogP contribution is 2.38. The molecule has 22 heavy (non-hydrogen) atoms. The third kappa shape index (κ3) is 4.96. The number of alkyl halides is 3. The minimum Gasteiger partial charge on any atom is -0.369 e. The van der Waals surface area contributed by atoms with Crippen molar-refractivity contribution in [3.05, 3.63) is 23.3 Å². The lowest BCUT2D eigenvalue weighted by Crippen LogP contribution is -2.13. The molecule has 0 amide bonds. The summed E-state index contributed by atoms with van der Waals surface area (Å²) in [5, 5.41) is 9.02. The molecule has 0 aromatic heterocycles. The van der Waals surface area contributed by atoms with Crippen molar-refractivity contribution in [2.75, 3.05) is 25.1 Å². The van der Waals surface area contributed by atoms with Gasteiger partial charge < -0.3 is 9.62 Å². The number of nitriles is 1. The number of nitrogens with one attached hydrogen (secondary N) is 1. The molecule has 5 nitrogen and oxygen atoms in total. The molecule has 9 heteroatoms. The predicted molar refractivity (Wildman–Crippen MR) is 82.8 cm³/mol. The molecule has 1 aromatic carbocycles. The summed E-state index contributed by atoms with van der Waals surface area (Å²) in [6.07, 6.45) is -2.21. The van der Waals surface area contributed by atoms with Crippen LogP contribution in [-0.4, -0.2) is 41.7 Å². The molecule has 1 unspecified atom stereocenters. The number of rotatable bonds is 4. The molecule has 1 atom stereocenters. The van der Waals surface area contributed by atoms with E-state index in [9.17, 15) is 17.4 Å². The van der Waals surface area contributed by atoms with Crippen LogP contribution in [0.15, 0.2) is 17.1 Å². The molecule has 0 radical (unpaired) electrons. The van der Waals surface area contributed by atoms with Gasteiger partial charge in [0.2, 0.25) is 0 Å². The number of benzene rings is 1. The van der Waals surface area contributed by atoms with Gasteiger partial charge in [-0.2, -0.15) is 18.4 Å². The molecule has 0 heterocycles. The molecule has 1 aromatic rings. The number of nitrogens with zero attached hydrogens (tertiary/aromatic N) is 3. The van der Waals surface area contributed by atoms with Crippen molar-refractivity contribution >= 4 is 33.3 Å². The highest BCUT2D eigenvalue weighted by molar-refractivity contribution is 8.00. The lowest BCUT2D eigenvalue weighted by Gasteiger charge is -2.15. The second-order valence-electron chi connectivity index (χ2n) is 4.84. The number of aliphatic imine (C=N–C) groups is 1. The highest BCUT2D eigenvalue weighted by atomic mass is 32.2. The minimum atomic E-state index is -4.74. The Morgan fingerprint density at radius 3 is 2.45 bits per heavy atom. The highest BCUT2D eigenvalue weighted by Gasteiger charge is 2.35. The van der Waals surface area contributed by atoms with Crippen molar-refractivity contribution in [3.63, 3.8) is 0 Å². The summed E-state index contributed by atoms with van der Waals surface area (Å²) in [4.78, 5) is 5.38. The first-order valence-electron chi connectivity index (χ1n) is 5.90. The fourth-order valence-corrected chi connectivity index (χ4v) is 2.17. The van der Waals surface area contributed by atoms with Gasteiger partial charge >= 0.3 is 6.18 Å². The van der Waals surface area contributed by atoms with Crippen LogP contribution in [0.1, 0.15) is 11.1 Å². The van der Waals surface area contributed by atoms with Gasteiger partial charge in [0, 0.05) is 35.7 Å². The van der Waals surface area contributed by atoms with Crippen molar-refractivity contribution in [1.29, 1.82) is 5.26 Å². The van der Waals surface area contributed by atoms with E-state index < -0.39 is 27.0 Å². The van der Waals surface area contributed by atoms with Gasteiger partial charge in [-0.15, -0.1) is 0 Å². The SMILES string of the molecule is C=S(C)(=O)Nc1cc(N=CN(C)C)c(C#N)c(C(F)(F)F)c1. The summed E-state index contributed by atoms with van der Waals surface area (Å²) in [6.45, 7) is 0. The van der Waals surface area contributed by atoms with Crippen LogP contribution in [0.5, 0.6) is 0 Å². The Kier molecular flexibility index (Phi) is 5.09. The van der Waals surface area contributed by atoms with Crippen LogP contribution in [0.3, 0.4) is 0 Å². The molecule has 0 aliphatic carbocycles. The van der Waals surface area contributed by atoms with E-state index in [2.05, 4.69) is 15.6 Å². The van der Waals surface area contributed by atoms with Crippen molar-refractivity contribution in [1.82, 2.24) is 4.90 Å². The predicted octanol–water partition coefficient (Wildman–Crippen LogP) is 2.47. The molecule has 1 rings (SSSR count). The normalized spacial score (nSPS) is 14.4. The molecular weight excluding hydrogens is 317 g/mol. The fraction of sp³-hybridized carbons (Fsp3) is 0.308.